The van der Waals surface area contributed by atoms with Crippen LogP contribution in [0.25, 0.3) is 22.6 Å². The highest BCUT2D eigenvalue weighted by Gasteiger charge is 2.26. The molecule has 0 saturated heterocycles. The van der Waals surface area contributed by atoms with Crippen molar-refractivity contribution < 1.29 is 4.79 Å². The molecule has 0 aliphatic carbocycles. The van der Waals surface area contributed by atoms with Gasteiger partial charge >= 0.3 is 0 Å². The molecule has 174 valence electrons. The molecule has 0 aliphatic heterocycles. The summed E-state index contributed by atoms with van der Waals surface area (Å²) < 4.78 is 2.04. The molecule has 4 aromatic rings. The molecule has 0 aliphatic rings. The van der Waals surface area contributed by atoms with Gasteiger partial charge in [-0.25, -0.2) is 4.98 Å². The van der Waals surface area contributed by atoms with Gasteiger partial charge < -0.3 is 9.88 Å². The van der Waals surface area contributed by atoms with Gasteiger partial charge in [0.15, 0.2) is 0 Å². The number of nitrogens with one attached hydrogen (secondary N) is 1. The van der Waals surface area contributed by atoms with E-state index in [9.17, 15) is 4.79 Å². The lowest BCUT2D eigenvalue weighted by atomic mass is 9.97. The maximum absolute atomic E-state index is 13.9. The second-order valence-corrected chi connectivity index (χ2v) is 9.02. The van der Waals surface area contributed by atoms with Crippen molar-refractivity contribution in [2.75, 3.05) is 0 Å². The van der Waals surface area contributed by atoms with Gasteiger partial charge in [-0.15, -0.1) is 0 Å². The van der Waals surface area contributed by atoms with Gasteiger partial charge in [0.05, 0.1) is 6.04 Å². The van der Waals surface area contributed by atoms with Crippen molar-refractivity contribution in [3.8, 4) is 22.6 Å². The van der Waals surface area contributed by atoms with Crippen molar-refractivity contribution >= 4 is 5.91 Å². The van der Waals surface area contributed by atoms with E-state index in [1.54, 1.807) is 0 Å². The summed E-state index contributed by atoms with van der Waals surface area (Å²) in [6.07, 6.45) is 1.92. The second kappa shape index (κ2) is 11.0. The fraction of sp³-hybridized carbons (Fsp3) is 0.267. The lowest BCUT2D eigenvalue weighted by Gasteiger charge is -2.21. The summed E-state index contributed by atoms with van der Waals surface area (Å²) in [5.41, 5.74) is 4.39. The van der Waals surface area contributed by atoms with Gasteiger partial charge in [-0.2, -0.15) is 0 Å². The molecular weight excluding hydrogens is 418 g/mol. The quantitative estimate of drug-likeness (QED) is 0.294. The molecule has 1 aromatic heterocycles. The number of imidazole rings is 1. The molecule has 4 heteroatoms. The molecule has 0 bridgehead atoms. The van der Waals surface area contributed by atoms with Crippen LogP contribution in [0.1, 0.15) is 55.7 Å². The van der Waals surface area contributed by atoms with E-state index in [2.05, 4.69) is 38.2 Å². The van der Waals surface area contributed by atoms with E-state index in [1.165, 1.54) is 0 Å². The average Bonchev–Trinajstić information content (AvgIpc) is 3.28. The summed E-state index contributed by atoms with van der Waals surface area (Å²) in [4.78, 5) is 18.9. The summed E-state index contributed by atoms with van der Waals surface area (Å²) in [5, 5.41) is 3.35. The topological polar surface area (TPSA) is 46.9 Å². The van der Waals surface area contributed by atoms with E-state index in [0.717, 1.165) is 41.1 Å². The van der Waals surface area contributed by atoms with Crippen LogP contribution in [-0.4, -0.2) is 15.5 Å². The number of benzene rings is 3. The number of hydrogen-bond acceptors (Lipinski definition) is 2. The number of nitrogens with zero attached hydrogens (tertiary/aromatic N) is 2. The monoisotopic (exact) mass is 451 g/mol. The number of rotatable bonds is 9. The van der Waals surface area contributed by atoms with Gasteiger partial charge in [0.2, 0.25) is 0 Å². The third kappa shape index (κ3) is 5.28. The van der Waals surface area contributed by atoms with Crippen molar-refractivity contribution in [3.05, 3.63) is 102 Å². The van der Waals surface area contributed by atoms with Crippen LogP contribution >= 0.6 is 0 Å². The average molecular weight is 452 g/mol. The zero-order valence-electron chi connectivity index (χ0n) is 20.2. The Labute approximate surface area is 202 Å². The summed E-state index contributed by atoms with van der Waals surface area (Å²) in [6, 6.07) is 30.3. The highest BCUT2D eigenvalue weighted by molar-refractivity contribution is 5.99. The van der Waals surface area contributed by atoms with Gasteiger partial charge in [-0.05, 0) is 31.2 Å². The Morgan fingerprint density at radius 3 is 1.94 bits per heavy atom. The van der Waals surface area contributed by atoms with E-state index in [0.29, 0.717) is 18.2 Å². The Bertz CT molecular complexity index is 1200. The van der Waals surface area contributed by atoms with E-state index < -0.39 is 0 Å². The van der Waals surface area contributed by atoms with Crippen LogP contribution in [0.2, 0.25) is 0 Å². The minimum Gasteiger partial charge on any atom is -0.344 e. The normalized spacial score (nSPS) is 12.0. The second-order valence-electron chi connectivity index (χ2n) is 9.02. The Balaban J connectivity index is 1.78. The Kier molecular flexibility index (Phi) is 7.58. The van der Waals surface area contributed by atoms with Crippen LogP contribution in [0, 0.1) is 5.92 Å². The summed E-state index contributed by atoms with van der Waals surface area (Å²) in [5.74, 6) is 1.28. The summed E-state index contributed by atoms with van der Waals surface area (Å²) >= 11 is 0. The lowest BCUT2D eigenvalue weighted by molar-refractivity contribution is 0.0924. The number of hydrogen-bond donors (Lipinski definition) is 1. The van der Waals surface area contributed by atoms with Crippen molar-refractivity contribution in [2.45, 2.75) is 46.2 Å². The van der Waals surface area contributed by atoms with E-state index in [-0.39, 0.29) is 11.9 Å². The van der Waals surface area contributed by atoms with Gasteiger partial charge in [-0.1, -0.05) is 105 Å². The smallest absolute Gasteiger partial charge is 0.270 e. The highest BCUT2D eigenvalue weighted by atomic mass is 16.2. The first-order valence-electron chi connectivity index (χ1n) is 12.2. The van der Waals surface area contributed by atoms with Crippen molar-refractivity contribution in [1.29, 1.82) is 0 Å². The molecule has 0 saturated carbocycles. The number of carbonyl (C=O) groups excluding carboxylic acids is 1. The standard InChI is InChI=1S/C30H33N3O/c1-4-33-28(30(34)31-26(21-20-22(2)3)23-14-8-5-9-15-23)27(24-16-10-6-11-17-24)32-29(33)25-18-12-7-13-19-25/h5-19,22,26H,4,20-21H2,1-3H3,(H,31,34). The molecule has 1 unspecified atom stereocenters. The van der Waals surface area contributed by atoms with Gasteiger partial charge in [0.1, 0.15) is 17.2 Å². The molecule has 4 nitrogen and oxygen atoms in total. The first-order valence-corrected chi connectivity index (χ1v) is 12.2. The van der Waals surface area contributed by atoms with Crippen molar-refractivity contribution in [1.82, 2.24) is 14.9 Å². The number of aromatic nitrogens is 2. The zero-order valence-corrected chi connectivity index (χ0v) is 20.2. The van der Waals surface area contributed by atoms with Crippen LogP contribution in [0.3, 0.4) is 0 Å². The molecule has 1 amide bonds. The first kappa shape index (κ1) is 23.5. The van der Waals surface area contributed by atoms with Crippen molar-refractivity contribution in [3.63, 3.8) is 0 Å². The molecule has 1 N–H and O–H groups in total. The van der Waals surface area contributed by atoms with Crippen LogP contribution in [0.5, 0.6) is 0 Å². The van der Waals surface area contributed by atoms with Crippen LogP contribution in [0.4, 0.5) is 0 Å². The molecule has 1 heterocycles. The van der Waals surface area contributed by atoms with E-state index in [4.69, 9.17) is 4.98 Å². The minimum absolute atomic E-state index is 0.0555. The van der Waals surface area contributed by atoms with Gasteiger partial charge in [0, 0.05) is 17.7 Å². The fourth-order valence-corrected chi connectivity index (χ4v) is 4.33. The SMILES string of the molecule is CCn1c(-c2ccccc2)nc(-c2ccccc2)c1C(=O)NC(CCC(C)C)c1ccccc1. The predicted molar refractivity (Wildman–Crippen MR) is 139 cm³/mol. The minimum atomic E-state index is -0.0898. The molecule has 0 spiro atoms. The van der Waals surface area contributed by atoms with Crippen LogP contribution < -0.4 is 5.32 Å². The third-order valence-corrected chi connectivity index (χ3v) is 6.12. The highest BCUT2D eigenvalue weighted by Crippen LogP contribution is 2.30. The predicted octanol–water partition coefficient (Wildman–Crippen LogP) is 7.14. The Morgan fingerprint density at radius 1 is 0.824 bits per heavy atom. The number of carbonyl (C=O) groups is 1. The van der Waals surface area contributed by atoms with E-state index >= 15 is 0 Å². The fourth-order valence-electron chi connectivity index (χ4n) is 4.33. The summed E-state index contributed by atoms with van der Waals surface area (Å²) in [6.45, 7) is 7.15. The summed E-state index contributed by atoms with van der Waals surface area (Å²) in [7, 11) is 0. The molecule has 0 fully saturated rings. The van der Waals surface area contributed by atoms with Gasteiger partial charge in [0.25, 0.3) is 5.91 Å². The lowest BCUT2D eigenvalue weighted by Crippen LogP contribution is -2.31. The Hall–Kier alpha value is -3.66. The molecule has 3 aromatic carbocycles. The first-order chi connectivity index (χ1) is 16.6. The molecular formula is C30H33N3O. The molecule has 0 radical (unpaired) electrons. The molecule has 34 heavy (non-hydrogen) atoms. The van der Waals surface area contributed by atoms with Crippen molar-refractivity contribution in [2.24, 2.45) is 5.92 Å². The molecule has 4 rings (SSSR count). The van der Waals surface area contributed by atoms with E-state index in [1.807, 2.05) is 83.4 Å². The third-order valence-electron chi connectivity index (χ3n) is 6.12. The van der Waals surface area contributed by atoms with Crippen LogP contribution in [0.15, 0.2) is 91.0 Å². The Morgan fingerprint density at radius 2 is 1.38 bits per heavy atom. The largest absolute Gasteiger partial charge is 0.344 e. The maximum Gasteiger partial charge on any atom is 0.270 e. The number of amides is 1. The maximum atomic E-state index is 13.9. The van der Waals surface area contributed by atoms with Gasteiger partial charge in [-0.3, -0.25) is 4.79 Å². The zero-order chi connectivity index (χ0) is 23.9. The van der Waals surface area contributed by atoms with Crippen LogP contribution in [-0.2, 0) is 6.54 Å². The molecule has 1 atom stereocenters.